The molecular weight excluding hydrogens is 745 g/mol. The molecule has 0 bridgehead atoms. The van der Waals surface area contributed by atoms with E-state index in [0.29, 0.717) is 34.0 Å². The zero-order valence-corrected chi connectivity index (χ0v) is 33.1. The van der Waals surface area contributed by atoms with Crippen LogP contribution in [0.5, 0.6) is 5.75 Å². The Balaban J connectivity index is 1.79. The lowest BCUT2D eigenvalue weighted by Crippen LogP contribution is -2.55. The van der Waals surface area contributed by atoms with Crippen molar-refractivity contribution in [1.82, 2.24) is 15.7 Å². The first-order valence-corrected chi connectivity index (χ1v) is 19.1. The van der Waals surface area contributed by atoms with Crippen LogP contribution in [0.3, 0.4) is 0 Å². The van der Waals surface area contributed by atoms with Crippen molar-refractivity contribution in [3.8, 4) is 5.75 Å². The summed E-state index contributed by atoms with van der Waals surface area (Å²) < 4.78 is 16.0. The summed E-state index contributed by atoms with van der Waals surface area (Å²) in [5.74, 6) is -2.68. The van der Waals surface area contributed by atoms with E-state index in [0.717, 1.165) is 5.06 Å². The van der Waals surface area contributed by atoms with E-state index in [1.54, 1.807) is 107 Å². The number of carbonyl (C=O) groups excluding carboxylic acids is 5. The summed E-state index contributed by atoms with van der Waals surface area (Å²) in [6.45, 7) is 5.92. The maximum atomic E-state index is 13.7. The molecule has 3 aromatic carbocycles. The predicted molar refractivity (Wildman–Crippen MR) is 209 cm³/mol. The van der Waals surface area contributed by atoms with Gasteiger partial charge in [0.1, 0.15) is 30.0 Å². The van der Waals surface area contributed by atoms with Gasteiger partial charge in [-0.3, -0.25) is 14.4 Å². The van der Waals surface area contributed by atoms with Crippen molar-refractivity contribution in [2.75, 3.05) is 19.1 Å². The fourth-order valence-electron chi connectivity index (χ4n) is 4.97. The van der Waals surface area contributed by atoms with Crippen LogP contribution < -0.4 is 21.1 Å². The van der Waals surface area contributed by atoms with E-state index in [2.05, 4.69) is 20.9 Å². The molecule has 0 fully saturated rings. The standard InChI is InChI=1S/C39H50N6O10S/c1-25(46)34(37(50)53-24-27-12-14-28(15-13-27)43-44-29-16-18-30(52-5)19-17-29)45(23-26-10-8-7-9-11-26)55-36(49)32(22-33(40)47)41-35(48)31(20-21-56-6)42-38(51)54-39(2,3)4/h7-19,25,31-32,34,46H,20-24H2,1-6H3,(H2,40,47)(H,41,48)(H,42,51)/t25-,31+,32+,34+/m1/s1. The van der Waals surface area contributed by atoms with Crippen LogP contribution in [-0.2, 0) is 46.6 Å². The number of hydroxylamine groups is 2. The molecule has 56 heavy (non-hydrogen) atoms. The van der Waals surface area contributed by atoms with Gasteiger partial charge in [0.15, 0.2) is 6.04 Å². The molecule has 0 unspecified atom stereocenters. The number of methoxy groups -OCH3 is 1. The van der Waals surface area contributed by atoms with Gasteiger partial charge in [-0.15, -0.1) is 5.06 Å². The number of nitrogens with zero attached hydrogens (tertiary/aromatic N) is 3. The smallest absolute Gasteiger partial charge is 0.408 e. The molecule has 0 aromatic heterocycles. The van der Waals surface area contributed by atoms with Gasteiger partial charge in [0.25, 0.3) is 0 Å². The van der Waals surface area contributed by atoms with Crippen molar-refractivity contribution in [2.24, 2.45) is 16.0 Å². The van der Waals surface area contributed by atoms with Crippen molar-refractivity contribution < 1.29 is 48.1 Å². The van der Waals surface area contributed by atoms with Gasteiger partial charge in [-0.2, -0.15) is 22.0 Å². The number of nitrogens with two attached hydrogens (primary N) is 1. The Labute approximate surface area is 330 Å². The summed E-state index contributed by atoms with van der Waals surface area (Å²) in [6, 6.07) is 18.1. The van der Waals surface area contributed by atoms with Gasteiger partial charge in [-0.25, -0.2) is 9.59 Å². The van der Waals surface area contributed by atoms with Crippen molar-refractivity contribution in [3.63, 3.8) is 0 Å². The maximum Gasteiger partial charge on any atom is 0.408 e. The van der Waals surface area contributed by atoms with Crippen LogP contribution in [0.4, 0.5) is 16.2 Å². The average Bonchev–Trinajstić information content (AvgIpc) is 3.14. The van der Waals surface area contributed by atoms with E-state index in [1.165, 1.54) is 18.7 Å². The molecule has 302 valence electrons. The lowest BCUT2D eigenvalue weighted by Gasteiger charge is -2.31. The Kier molecular flexibility index (Phi) is 17.7. The van der Waals surface area contributed by atoms with Crippen LogP contribution in [-0.4, -0.2) is 89.0 Å². The molecule has 16 nitrogen and oxygen atoms in total. The van der Waals surface area contributed by atoms with Gasteiger partial charge in [0, 0.05) is 0 Å². The van der Waals surface area contributed by atoms with E-state index in [4.69, 9.17) is 24.8 Å². The Morgan fingerprint density at radius 2 is 1.46 bits per heavy atom. The normalized spacial score (nSPS) is 13.6. The molecule has 0 aliphatic rings. The Bertz CT molecular complexity index is 1770. The van der Waals surface area contributed by atoms with Gasteiger partial charge < -0.3 is 40.5 Å². The van der Waals surface area contributed by atoms with Gasteiger partial charge in [-0.1, -0.05) is 42.5 Å². The molecule has 4 atom stereocenters. The highest BCUT2D eigenvalue weighted by Crippen LogP contribution is 2.22. The van der Waals surface area contributed by atoms with Crippen LogP contribution in [0.25, 0.3) is 0 Å². The van der Waals surface area contributed by atoms with E-state index in [1.807, 2.05) is 6.26 Å². The maximum absolute atomic E-state index is 13.7. The summed E-state index contributed by atoms with van der Waals surface area (Å²) in [7, 11) is 1.57. The number of amides is 3. The van der Waals surface area contributed by atoms with E-state index in [-0.39, 0.29) is 19.6 Å². The largest absolute Gasteiger partial charge is 0.497 e. The first kappa shape index (κ1) is 44.9. The minimum atomic E-state index is -1.64. The number of esters is 1. The number of benzene rings is 3. The summed E-state index contributed by atoms with van der Waals surface area (Å²) in [6.07, 6.45) is -0.985. The Hall–Kier alpha value is -5.52. The molecular formula is C39H50N6O10S. The Morgan fingerprint density at radius 3 is 2.00 bits per heavy atom. The number of azo groups is 1. The third-order valence-corrected chi connectivity index (χ3v) is 8.34. The van der Waals surface area contributed by atoms with Gasteiger partial charge in [-0.05, 0) is 93.6 Å². The van der Waals surface area contributed by atoms with Crippen molar-refractivity contribution in [3.05, 3.63) is 90.0 Å². The highest BCUT2D eigenvalue weighted by Gasteiger charge is 2.38. The minimum absolute atomic E-state index is 0.164. The molecule has 3 rings (SSSR count). The minimum Gasteiger partial charge on any atom is -0.497 e. The zero-order chi connectivity index (χ0) is 41.3. The average molecular weight is 795 g/mol. The summed E-state index contributed by atoms with van der Waals surface area (Å²) in [4.78, 5) is 71.1. The topological polar surface area (TPSA) is 221 Å². The molecule has 0 spiro atoms. The van der Waals surface area contributed by atoms with Gasteiger partial charge >= 0.3 is 18.0 Å². The second-order valence-electron chi connectivity index (χ2n) is 13.5. The number of rotatable bonds is 20. The number of aliphatic hydroxyl groups is 1. The first-order valence-electron chi connectivity index (χ1n) is 17.7. The van der Waals surface area contributed by atoms with E-state index in [9.17, 15) is 29.1 Å². The fraction of sp³-hybridized carbons (Fsp3) is 0.410. The lowest BCUT2D eigenvalue weighted by atomic mass is 10.1. The molecule has 0 saturated heterocycles. The fourth-order valence-corrected chi connectivity index (χ4v) is 5.44. The lowest BCUT2D eigenvalue weighted by molar-refractivity contribution is -0.223. The molecule has 0 saturated carbocycles. The van der Waals surface area contributed by atoms with Gasteiger partial charge in [0.2, 0.25) is 11.8 Å². The quantitative estimate of drug-likeness (QED) is 0.0684. The molecule has 0 radical (unpaired) electrons. The number of hydrogen-bond acceptors (Lipinski definition) is 14. The molecule has 17 heteroatoms. The Morgan fingerprint density at radius 1 is 0.857 bits per heavy atom. The highest BCUT2D eigenvalue weighted by atomic mass is 32.2. The van der Waals surface area contributed by atoms with Crippen LogP contribution >= 0.6 is 11.8 Å². The first-order chi connectivity index (χ1) is 26.6. The molecule has 3 amide bonds. The number of carbonyl (C=O) groups is 5. The molecule has 0 aliphatic carbocycles. The SMILES string of the molecule is COc1ccc(N=Nc2ccc(COC(=O)[C@H]([C@@H](C)O)N(Cc3ccccc3)OC(=O)[C@H](CC(N)=O)NC(=O)[C@H](CCSC)NC(=O)OC(C)(C)C)cc2)cc1. The number of ether oxygens (including phenoxy) is 3. The monoisotopic (exact) mass is 794 g/mol. The molecule has 5 N–H and O–H groups in total. The second-order valence-corrected chi connectivity index (χ2v) is 14.5. The number of alkyl carbamates (subject to hydrolysis) is 1. The zero-order valence-electron chi connectivity index (χ0n) is 32.3. The highest BCUT2D eigenvalue weighted by molar-refractivity contribution is 7.98. The van der Waals surface area contributed by atoms with E-state index < -0.39 is 66.1 Å². The van der Waals surface area contributed by atoms with Crippen molar-refractivity contribution >= 4 is 53.0 Å². The van der Waals surface area contributed by atoms with Crippen LogP contribution in [0, 0.1) is 0 Å². The van der Waals surface area contributed by atoms with E-state index >= 15 is 0 Å². The predicted octanol–water partition coefficient (Wildman–Crippen LogP) is 4.87. The van der Waals surface area contributed by atoms with Gasteiger partial charge in [0.05, 0.1) is 37.6 Å². The van der Waals surface area contributed by atoms with Crippen LogP contribution in [0.2, 0.25) is 0 Å². The molecule has 3 aromatic rings. The second kappa shape index (κ2) is 22.1. The number of thioether (sulfide) groups is 1. The number of aliphatic hydroxyl groups excluding tert-OH is 1. The number of primary amides is 1. The summed E-state index contributed by atoms with van der Waals surface area (Å²) in [5, 5.41) is 25.1. The number of hydrogen-bond donors (Lipinski definition) is 4. The summed E-state index contributed by atoms with van der Waals surface area (Å²) >= 11 is 1.42. The molecule has 0 aliphatic heterocycles. The van der Waals surface area contributed by atoms with Crippen molar-refractivity contribution in [1.29, 1.82) is 0 Å². The summed E-state index contributed by atoms with van der Waals surface area (Å²) in [5.41, 5.74) is 6.96. The van der Waals surface area contributed by atoms with Crippen molar-refractivity contribution in [2.45, 2.75) is 83.5 Å². The third-order valence-electron chi connectivity index (χ3n) is 7.69. The van der Waals surface area contributed by atoms with Crippen LogP contribution in [0.15, 0.2) is 89.1 Å². The molecule has 0 heterocycles. The third kappa shape index (κ3) is 15.7. The van der Waals surface area contributed by atoms with Crippen LogP contribution in [0.1, 0.15) is 51.7 Å². The number of nitrogens with one attached hydrogen (secondary N) is 2.